The van der Waals surface area contributed by atoms with E-state index < -0.39 is 0 Å². The molecule has 0 unspecified atom stereocenters. The van der Waals surface area contributed by atoms with Crippen LogP contribution in [0.4, 0.5) is 5.82 Å². The number of hydrogen-bond acceptors (Lipinski definition) is 7. The van der Waals surface area contributed by atoms with Crippen molar-refractivity contribution in [3.63, 3.8) is 0 Å². The summed E-state index contributed by atoms with van der Waals surface area (Å²) in [5.41, 5.74) is 13.1. The van der Waals surface area contributed by atoms with E-state index >= 15 is 0 Å². The number of nitrogens with two attached hydrogens (primary N) is 1. The Morgan fingerprint density at radius 1 is 1.06 bits per heavy atom. The second-order valence-corrected chi connectivity index (χ2v) is 8.96. The molecule has 10 nitrogen and oxygen atoms in total. The molecule has 0 amide bonds. The molecule has 1 fully saturated rings. The number of pyridine rings is 1. The summed E-state index contributed by atoms with van der Waals surface area (Å²) in [7, 11) is 0. The van der Waals surface area contributed by atoms with E-state index in [0.717, 1.165) is 74.9 Å². The van der Waals surface area contributed by atoms with Crippen LogP contribution < -0.4 is 10.6 Å². The lowest BCUT2D eigenvalue weighted by atomic mass is 10.1. The van der Waals surface area contributed by atoms with Crippen molar-refractivity contribution in [2.24, 2.45) is 5.73 Å². The minimum Gasteiger partial charge on any atom is -0.352 e. The van der Waals surface area contributed by atoms with E-state index in [9.17, 15) is 0 Å². The van der Waals surface area contributed by atoms with Gasteiger partial charge in [-0.25, -0.2) is 15.0 Å². The van der Waals surface area contributed by atoms with Gasteiger partial charge in [0.25, 0.3) is 0 Å². The fraction of sp³-hybridized carbons (Fsp3) is 0.160. The van der Waals surface area contributed by atoms with E-state index in [1.165, 1.54) is 0 Å². The molecule has 6 aromatic rings. The molecular weight excluding hydrogens is 440 g/mol. The van der Waals surface area contributed by atoms with E-state index in [4.69, 9.17) is 10.7 Å². The monoisotopic (exact) mass is 462 g/mol. The molecule has 7 rings (SSSR count). The van der Waals surface area contributed by atoms with Crippen molar-refractivity contribution in [2.45, 2.75) is 13.0 Å². The molecule has 6 heterocycles. The molecule has 1 aromatic carbocycles. The van der Waals surface area contributed by atoms with Gasteiger partial charge in [-0.1, -0.05) is 6.07 Å². The van der Waals surface area contributed by atoms with Gasteiger partial charge in [0, 0.05) is 47.9 Å². The van der Waals surface area contributed by atoms with E-state index in [1.807, 2.05) is 42.2 Å². The molecule has 0 aliphatic carbocycles. The maximum atomic E-state index is 5.94. The topological polar surface area (TPSA) is 130 Å². The lowest BCUT2D eigenvalue weighted by Gasteiger charge is -2.37. The van der Waals surface area contributed by atoms with Gasteiger partial charge in [0.2, 0.25) is 0 Å². The zero-order valence-electron chi connectivity index (χ0n) is 19.0. The Balaban J connectivity index is 1.31. The van der Waals surface area contributed by atoms with Crippen LogP contribution in [0.3, 0.4) is 0 Å². The summed E-state index contributed by atoms with van der Waals surface area (Å²) in [6, 6.07) is 10.4. The second kappa shape index (κ2) is 7.47. The first-order valence-electron chi connectivity index (χ1n) is 11.4. The van der Waals surface area contributed by atoms with Crippen LogP contribution in [0.1, 0.15) is 5.69 Å². The normalized spacial score (nSPS) is 14.2. The molecule has 1 aliphatic rings. The van der Waals surface area contributed by atoms with Crippen molar-refractivity contribution >= 4 is 27.8 Å². The van der Waals surface area contributed by atoms with Crippen molar-refractivity contribution in [1.29, 1.82) is 0 Å². The van der Waals surface area contributed by atoms with Crippen molar-refractivity contribution in [3.8, 4) is 28.3 Å². The zero-order chi connectivity index (χ0) is 23.5. The first-order chi connectivity index (χ1) is 17.1. The zero-order valence-corrected chi connectivity index (χ0v) is 19.0. The number of imidazole rings is 1. The number of anilines is 1. The van der Waals surface area contributed by atoms with Crippen molar-refractivity contribution in [2.75, 3.05) is 18.0 Å². The number of aromatic amines is 2. The van der Waals surface area contributed by atoms with Gasteiger partial charge in [0.1, 0.15) is 17.2 Å². The van der Waals surface area contributed by atoms with Gasteiger partial charge in [-0.15, -0.1) is 0 Å². The fourth-order valence-corrected chi connectivity index (χ4v) is 4.64. The number of aromatic nitrogens is 8. The summed E-state index contributed by atoms with van der Waals surface area (Å²) in [5, 5.41) is 9.76. The predicted molar refractivity (Wildman–Crippen MR) is 134 cm³/mol. The number of hydrogen-bond donors (Lipinski definition) is 3. The molecule has 5 aromatic heterocycles. The van der Waals surface area contributed by atoms with Crippen molar-refractivity contribution < 1.29 is 0 Å². The Labute approximate surface area is 199 Å². The third kappa shape index (κ3) is 3.26. The Morgan fingerprint density at radius 3 is 2.80 bits per heavy atom. The minimum atomic E-state index is 0.203. The molecule has 4 N–H and O–H groups in total. The third-order valence-corrected chi connectivity index (χ3v) is 6.47. The van der Waals surface area contributed by atoms with Gasteiger partial charge >= 0.3 is 0 Å². The molecule has 0 atom stereocenters. The van der Waals surface area contributed by atoms with Gasteiger partial charge in [0.15, 0.2) is 0 Å². The first kappa shape index (κ1) is 19.9. The average molecular weight is 463 g/mol. The predicted octanol–water partition coefficient (Wildman–Crippen LogP) is 3.20. The fourth-order valence-electron chi connectivity index (χ4n) is 4.64. The molecule has 0 spiro atoms. The van der Waals surface area contributed by atoms with Crippen LogP contribution in [0.25, 0.3) is 50.3 Å². The van der Waals surface area contributed by atoms with Crippen molar-refractivity contribution in [3.05, 3.63) is 67.1 Å². The van der Waals surface area contributed by atoms with Gasteiger partial charge in [-0.2, -0.15) is 5.10 Å². The molecule has 1 saturated heterocycles. The lowest BCUT2D eigenvalue weighted by Crippen LogP contribution is -2.56. The quantitative estimate of drug-likeness (QED) is 0.367. The highest BCUT2D eigenvalue weighted by Gasteiger charge is 2.24. The Morgan fingerprint density at radius 2 is 1.97 bits per heavy atom. The summed E-state index contributed by atoms with van der Waals surface area (Å²) < 4.78 is 2.01. The molecule has 10 heteroatoms. The number of H-pyrrole nitrogens is 2. The molecule has 0 saturated carbocycles. The summed E-state index contributed by atoms with van der Waals surface area (Å²) >= 11 is 0. The van der Waals surface area contributed by atoms with Crippen LogP contribution in [0, 0.1) is 6.92 Å². The molecule has 0 bridgehead atoms. The SMILES string of the molecule is Cc1cn(-c2ccnc3[nH]c(-c4n[nH]c5ccc(-c6cncc(N7CC(N)C7)n6)cc45)cc23)cn1. The minimum absolute atomic E-state index is 0.203. The highest BCUT2D eigenvalue weighted by atomic mass is 15.3. The second-order valence-electron chi connectivity index (χ2n) is 8.96. The average Bonchev–Trinajstić information content (AvgIpc) is 3.59. The van der Waals surface area contributed by atoms with E-state index in [-0.39, 0.29) is 6.04 Å². The number of nitrogens with zero attached hydrogens (tertiary/aromatic N) is 7. The van der Waals surface area contributed by atoms with Crippen LogP contribution in [0.5, 0.6) is 0 Å². The van der Waals surface area contributed by atoms with Crippen LogP contribution in [0.2, 0.25) is 0 Å². The number of nitrogens with one attached hydrogen (secondary N) is 2. The van der Waals surface area contributed by atoms with Gasteiger partial charge in [-0.3, -0.25) is 10.1 Å². The molecule has 172 valence electrons. The summed E-state index contributed by atoms with van der Waals surface area (Å²) in [6.45, 7) is 3.58. The number of rotatable bonds is 4. The number of benzene rings is 1. The Bertz CT molecular complexity index is 1700. The van der Waals surface area contributed by atoms with E-state index in [2.05, 4.69) is 47.2 Å². The summed E-state index contributed by atoms with van der Waals surface area (Å²) in [4.78, 5) is 23.7. The first-order valence-corrected chi connectivity index (χ1v) is 11.4. The van der Waals surface area contributed by atoms with Crippen LogP contribution in [-0.4, -0.2) is 58.8 Å². The largest absolute Gasteiger partial charge is 0.352 e. The van der Waals surface area contributed by atoms with Gasteiger partial charge in [0.05, 0.1) is 47.0 Å². The van der Waals surface area contributed by atoms with Crippen LogP contribution in [-0.2, 0) is 0 Å². The summed E-state index contributed by atoms with van der Waals surface area (Å²) in [6.07, 6.45) is 9.19. The highest BCUT2D eigenvalue weighted by Crippen LogP contribution is 2.33. The maximum absolute atomic E-state index is 5.94. The highest BCUT2D eigenvalue weighted by molar-refractivity contribution is 5.98. The number of aryl methyl sites for hydroxylation is 1. The Hall–Kier alpha value is -4.57. The third-order valence-electron chi connectivity index (χ3n) is 6.47. The molecular formula is C25H22N10. The van der Waals surface area contributed by atoms with Crippen LogP contribution >= 0.6 is 0 Å². The maximum Gasteiger partial charge on any atom is 0.147 e. The van der Waals surface area contributed by atoms with E-state index in [1.54, 1.807) is 18.6 Å². The van der Waals surface area contributed by atoms with Crippen LogP contribution in [0.15, 0.2) is 61.4 Å². The molecule has 35 heavy (non-hydrogen) atoms. The Kier molecular flexibility index (Phi) is 4.24. The molecule has 0 radical (unpaired) electrons. The molecule has 1 aliphatic heterocycles. The van der Waals surface area contributed by atoms with Gasteiger partial charge < -0.3 is 20.2 Å². The van der Waals surface area contributed by atoms with Crippen molar-refractivity contribution in [1.82, 2.24) is 39.7 Å². The van der Waals surface area contributed by atoms with Gasteiger partial charge in [-0.05, 0) is 31.2 Å². The summed E-state index contributed by atoms with van der Waals surface area (Å²) in [5.74, 6) is 0.848. The standard InChI is InChI=1S/C25H22N10/c1-14-10-35(13-29-14)22-4-5-28-25-18(22)7-20(31-25)24-17-6-15(2-3-19(17)32-33-24)21-8-27-9-23(30-21)34-11-16(26)12-34/h2-10,13,16H,11-12,26H2,1H3,(H,28,31)(H,32,33). The lowest BCUT2D eigenvalue weighted by molar-refractivity contribution is 0.514. The number of fused-ring (bicyclic) bond motifs is 2. The van der Waals surface area contributed by atoms with E-state index in [0.29, 0.717) is 0 Å². The smallest absolute Gasteiger partial charge is 0.147 e.